The summed E-state index contributed by atoms with van der Waals surface area (Å²) in [6.45, 7) is 2.57. The van der Waals surface area contributed by atoms with Gasteiger partial charge in [0.2, 0.25) is 5.91 Å². The van der Waals surface area contributed by atoms with Crippen molar-refractivity contribution >= 4 is 64.0 Å². The molecular weight excluding hydrogens is 487 g/mol. The monoisotopic (exact) mass is 504 g/mol. The first-order valence-electron chi connectivity index (χ1n) is 10.2. The number of hydrogen-bond donors (Lipinski definition) is 0. The van der Waals surface area contributed by atoms with Gasteiger partial charge in [-0.3, -0.25) is 4.79 Å². The minimum absolute atomic E-state index is 0.0217. The Hall–Kier alpha value is -1.99. The molecule has 1 saturated heterocycles. The molecule has 0 spiro atoms. The number of aromatic nitrogens is 2. The predicted molar refractivity (Wildman–Crippen MR) is 131 cm³/mol. The molecule has 3 unspecified atom stereocenters. The predicted octanol–water partition coefficient (Wildman–Crippen LogP) is 6.43. The molecule has 0 bridgehead atoms. The van der Waals surface area contributed by atoms with Crippen LogP contribution >= 0.6 is 46.6 Å². The molecule has 3 aromatic rings. The highest BCUT2D eigenvalue weighted by molar-refractivity contribution is 7.99. The van der Waals surface area contributed by atoms with Gasteiger partial charge in [-0.1, -0.05) is 53.0 Å². The molecule has 2 aromatic carbocycles. The molecule has 3 heterocycles. The van der Waals surface area contributed by atoms with E-state index in [0.717, 1.165) is 22.6 Å². The number of carbonyl (C=O) groups excluding carboxylic acids is 1. The molecule has 2 aliphatic rings. The Morgan fingerprint density at radius 3 is 2.53 bits per heavy atom. The second kappa shape index (κ2) is 8.75. The van der Waals surface area contributed by atoms with E-state index in [-0.39, 0.29) is 17.3 Å². The Labute approximate surface area is 205 Å². The summed E-state index contributed by atoms with van der Waals surface area (Å²) < 4.78 is 1.80. The van der Waals surface area contributed by atoms with Crippen molar-refractivity contribution in [2.45, 2.75) is 18.3 Å². The lowest BCUT2D eigenvalue weighted by Gasteiger charge is -2.35. The van der Waals surface area contributed by atoms with Crippen molar-refractivity contribution in [1.82, 2.24) is 14.7 Å². The standard InChI is InChI=1S/C23H19Cl3N4OS/c1-13-20(22(31)29-10-11-32-23(29)14-2-5-16(24)6-3-14)21(30-19(28-13)8-9-27-30)15-4-7-17(25)18(26)12-15/h2-9,12,20-21,23H,10-11H2,1H3. The minimum Gasteiger partial charge on any atom is -0.325 e. The number of carbonyl (C=O) groups is 1. The summed E-state index contributed by atoms with van der Waals surface area (Å²) in [5.74, 6) is 1.10. The lowest BCUT2D eigenvalue weighted by atomic mass is 9.87. The van der Waals surface area contributed by atoms with Gasteiger partial charge in [0.1, 0.15) is 11.3 Å². The van der Waals surface area contributed by atoms with E-state index in [1.54, 1.807) is 28.7 Å². The SMILES string of the molecule is CC1=Nc2ccnn2C(c2ccc(Cl)c(Cl)c2)C1C(=O)N1CCSC1c1ccc(Cl)cc1. The van der Waals surface area contributed by atoms with Crippen molar-refractivity contribution in [3.63, 3.8) is 0 Å². The van der Waals surface area contributed by atoms with Gasteiger partial charge in [0.05, 0.1) is 22.3 Å². The summed E-state index contributed by atoms with van der Waals surface area (Å²) in [4.78, 5) is 20.7. The summed E-state index contributed by atoms with van der Waals surface area (Å²) >= 11 is 20.3. The first-order chi connectivity index (χ1) is 15.4. The third-order valence-corrected chi connectivity index (χ3v) is 8.10. The number of thioether (sulfide) groups is 1. The quantitative estimate of drug-likeness (QED) is 0.412. The van der Waals surface area contributed by atoms with Crippen LogP contribution in [0.2, 0.25) is 15.1 Å². The molecule has 2 aliphatic heterocycles. The van der Waals surface area contributed by atoms with Crippen LogP contribution in [0, 0.1) is 5.92 Å². The number of nitrogens with zero attached hydrogens (tertiary/aromatic N) is 4. The molecule has 0 radical (unpaired) electrons. The fourth-order valence-electron chi connectivity index (χ4n) is 4.35. The van der Waals surface area contributed by atoms with Crippen LogP contribution in [0.5, 0.6) is 0 Å². The summed E-state index contributed by atoms with van der Waals surface area (Å²) in [5.41, 5.74) is 2.68. The zero-order valence-corrected chi connectivity index (χ0v) is 20.2. The lowest BCUT2D eigenvalue weighted by Crippen LogP contribution is -2.44. The van der Waals surface area contributed by atoms with Gasteiger partial charge >= 0.3 is 0 Å². The van der Waals surface area contributed by atoms with Gasteiger partial charge in [0, 0.05) is 29.1 Å². The van der Waals surface area contributed by atoms with E-state index in [9.17, 15) is 4.79 Å². The van der Waals surface area contributed by atoms with Crippen molar-refractivity contribution in [3.05, 3.63) is 80.9 Å². The highest BCUT2D eigenvalue weighted by Gasteiger charge is 2.43. The Balaban J connectivity index is 1.55. The largest absolute Gasteiger partial charge is 0.325 e. The highest BCUT2D eigenvalue weighted by atomic mass is 35.5. The Bertz CT molecular complexity index is 1210. The lowest BCUT2D eigenvalue weighted by molar-refractivity contribution is -0.134. The van der Waals surface area contributed by atoms with Crippen LogP contribution < -0.4 is 0 Å². The van der Waals surface area contributed by atoms with Crippen LogP contribution in [0.3, 0.4) is 0 Å². The zero-order chi connectivity index (χ0) is 22.4. The molecular formula is C23H19Cl3N4OS. The summed E-state index contributed by atoms with van der Waals surface area (Å²) in [6, 6.07) is 14.6. The van der Waals surface area contributed by atoms with Crippen LogP contribution in [0.15, 0.2) is 59.7 Å². The second-order valence-electron chi connectivity index (χ2n) is 7.79. The Morgan fingerprint density at radius 1 is 1.03 bits per heavy atom. The molecule has 1 amide bonds. The van der Waals surface area contributed by atoms with Crippen LogP contribution in [0.25, 0.3) is 0 Å². The van der Waals surface area contributed by atoms with Gasteiger partial charge in [-0.05, 0) is 42.3 Å². The molecule has 5 nitrogen and oxygen atoms in total. The van der Waals surface area contributed by atoms with Gasteiger partial charge in [-0.15, -0.1) is 11.8 Å². The topological polar surface area (TPSA) is 50.5 Å². The number of rotatable bonds is 3. The van der Waals surface area contributed by atoms with Crippen molar-refractivity contribution in [1.29, 1.82) is 0 Å². The molecule has 0 aliphatic carbocycles. The average Bonchev–Trinajstić information content (AvgIpc) is 3.44. The van der Waals surface area contributed by atoms with Gasteiger partial charge in [-0.2, -0.15) is 5.10 Å². The van der Waals surface area contributed by atoms with E-state index in [0.29, 0.717) is 27.4 Å². The highest BCUT2D eigenvalue weighted by Crippen LogP contribution is 2.43. The number of benzene rings is 2. The normalized spacial score (nSPS) is 22.6. The molecule has 32 heavy (non-hydrogen) atoms. The maximum absolute atomic E-state index is 14.0. The molecule has 9 heteroatoms. The average molecular weight is 506 g/mol. The maximum Gasteiger partial charge on any atom is 0.235 e. The Morgan fingerprint density at radius 2 is 1.78 bits per heavy atom. The molecule has 1 fully saturated rings. The van der Waals surface area contributed by atoms with Crippen LogP contribution in [-0.4, -0.2) is 38.6 Å². The van der Waals surface area contributed by atoms with Gasteiger partial charge in [0.15, 0.2) is 5.82 Å². The van der Waals surface area contributed by atoms with E-state index in [1.165, 1.54) is 0 Å². The fourth-order valence-corrected chi connectivity index (χ4v) is 6.05. The summed E-state index contributed by atoms with van der Waals surface area (Å²) in [5, 5.41) is 6.01. The van der Waals surface area contributed by atoms with Gasteiger partial charge in [0.25, 0.3) is 0 Å². The Kier molecular flexibility index (Phi) is 5.97. The van der Waals surface area contributed by atoms with E-state index in [1.807, 2.05) is 54.3 Å². The van der Waals surface area contributed by atoms with Crippen molar-refractivity contribution < 1.29 is 4.79 Å². The van der Waals surface area contributed by atoms with E-state index >= 15 is 0 Å². The molecule has 164 valence electrons. The van der Waals surface area contributed by atoms with Crippen LogP contribution in [-0.2, 0) is 4.79 Å². The van der Waals surface area contributed by atoms with Gasteiger partial charge in [-0.25, -0.2) is 9.67 Å². The molecule has 5 rings (SSSR count). The molecule has 0 saturated carbocycles. The zero-order valence-electron chi connectivity index (χ0n) is 17.1. The maximum atomic E-state index is 14.0. The molecule has 0 N–H and O–H groups in total. The van der Waals surface area contributed by atoms with Crippen molar-refractivity contribution in [2.75, 3.05) is 12.3 Å². The third-order valence-electron chi connectivity index (χ3n) is 5.85. The van der Waals surface area contributed by atoms with Crippen LogP contribution in [0.4, 0.5) is 5.82 Å². The van der Waals surface area contributed by atoms with Crippen molar-refractivity contribution in [3.8, 4) is 0 Å². The van der Waals surface area contributed by atoms with Gasteiger partial charge < -0.3 is 4.90 Å². The van der Waals surface area contributed by atoms with E-state index in [2.05, 4.69) is 5.10 Å². The second-order valence-corrected chi connectivity index (χ2v) is 10.2. The smallest absolute Gasteiger partial charge is 0.235 e. The van der Waals surface area contributed by atoms with E-state index < -0.39 is 5.92 Å². The minimum atomic E-state index is -0.506. The first kappa shape index (κ1) is 21.8. The van der Waals surface area contributed by atoms with Crippen LogP contribution in [0.1, 0.15) is 29.5 Å². The summed E-state index contributed by atoms with van der Waals surface area (Å²) in [7, 11) is 0. The molecule has 1 aromatic heterocycles. The third kappa shape index (κ3) is 3.83. The number of fused-ring (bicyclic) bond motifs is 1. The number of aliphatic imine (C=N–C) groups is 1. The van der Waals surface area contributed by atoms with E-state index in [4.69, 9.17) is 39.8 Å². The first-order valence-corrected chi connectivity index (χ1v) is 12.3. The fraction of sp³-hybridized carbons (Fsp3) is 0.261. The molecule has 3 atom stereocenters. The number of amides is 1. The summed E-state index contributed by atoms with van der Waals surface area (Å²) in [6.07, 6.45) is 1.70. The van der Waals surface area contributed by atoms with Crippen molar-refractivity contribution in [2.24, 2.45) is 10.9 Å². The number of hydrogen-bond acceptors (Lipinski definition) is 4. The number of halogens is 3.